The van der Waals surface area contributed by atoms with Crippen LogP contribution in [0.2, 0.25) is 0 Å². The van der Waals surface area contributed by atoms with E-state index in [0.29, 0.717) is 0 Å². The molecule has 0 aliphatic carbocycles. The van der Waals surface area contributed by atoms with Gasteiger partial charge in [0.25, 0.3) is 0 Å². The molecule has 2 saturated heterocycles. The van der Waals surface area contributed by atoms with Crippen molar-refractivity contribution in [3.05, 3.63) is 119 Å². The first-order chi connectivity index (χ1) is 29.8. The van der Waals surface area contributed by atoms with E-state index in [9.17, 15) is 39.0 Å². The summed E-state index contributed by atoms with van der Waals surface area (Å²) in [6.07, 6.45) is 0.120. The molecule has 62 heavy (non-hydrogen) atoms. The Labute approximate surface area is 352 Å². The van der Waals surface area contributed by atoms with Crippen LogP contribution in [-0.4, -0.2) is 99.9 Å². The molecule has 6 rings (SSSR count). The SMILES string of the molecule is C=CC(=O)Oc1ccc(C(=O)Oc2ccc(C(=O)O)c([C@@H]3CO[C@H]4[C@@H]3OC[C@H]4c3c(C(=O)O)ccc(OC(=O)c4ccc(OC(=O)C=C)c(OC)c4)c3OC)c2OC)cc1OC. The fourth-order valence-corrected chi connectivity index (χ4v) is 7.22. The van der Waals surface area contributed by atoms with E-state index in [2.05, 4.69) is 13.2 Å². The van der Waals surface area contributed by atoms with Crippen LogP contribution in [0, 0.1) is 0 Å². The molecule has 0 saturated carbocycles. The lowest BCUT2D eigenvalue weighted by Crippen LogP contribution is -2.27. The van der Waals surface area contributed by atoms with Crippen molar-refractivity contribution in [2.24, 2.45) is 0 Å². The van der Waals surface area contributed by atoms with Crippen LogP contribution in [0.15, 0.2) is 86.0 Å². The van der Waals surface area contributed by atoms with Gasteiger partial charge in [0.15, 0.2) is 46.0 Å². The number of esters is 4. The molecule has 4 aromatic rings. The van der Waals surface area contributed by atoms with E-state index in [1.807, 2.05) is 0 Å². The van der Waals surface area contributed by atoms with E-state index in [-0.39, 0.29) is 92.6 Å². The number of carboxylic acids is 2. The molecule has 0 bridgehead atoms. The van der Waals surface area contributed by atoms with Gasteiger partial charge in [0.2, 0.25) is 0 Å². The zero-order chi connectivity index (χ0) is 44.8. The molecular formula is C44H38O18. The Morgan fingerprint density at radius 1 is 0.532 bits per heavy atom. The smallest absolute Gasteiger partial charge is 0.343 e. The standard InChI is InChI=1S/C44H38O18/c1-7-33(45)59-27-13-9-21(17-31(27)53-3)43(51)61-29-15-11-23(41(47)48)35(39(29)55-5)25-19-57-38-26(20-58-37(25)38)36-24(42(49)50)12-16-30(40(36)56-6)62-44(52)22-10-14-28(32(18-22)54-4)60-34(46)8-2/h7-18,25-26,37-38H,1-2,19-20H2,3-6H3,(H,47,48)(H,49,50)/t25-,26-,37+,38+/m0/s1. The summed E-state index contributed by atoms with van der Waals surface area (Å²) in [6, 6.07) is 12.8. The van der Waals surface area contributed by atoms with Crippen LogP contribution in [0.25, 0.3) is 0 Å². The molecule has 2 heterocycles. The van der Waals surface area contributed by atoms with Gasteiger partial charge in [-0.2, -0.15) is 0 Å². The normalized spacial score (nSPS) is 17.4. The minimum Gasteiger partial charge on any atom is -0.493 e. The topological polar surface area (TPSA) is 235 Å². The average Bonchev–Trinajstić information content (AvgIpc) is 3.88. The van der Waals surface area contributed by atoms with Crippen molar-refractivity contribution in [3.63, 3.8) is 0 Å². The summed E-state index contributed by atoms with van der Waals surface area (Å²) < 4.78 is 56.1. The number of hydrogen-bond acceptors (Lipinski definition) is 16. The van der Waals surface area contributed by atoms with Crippen molar-refractivity contribution in [2.45, 2.75) is 24.0 Å². The molecule has 2 aliphatic rings. The van der Waals surface area contributed by atoms with Crippen LogP contribution < -0.4 is 37.9 Å². The lowest BCUT2D eigenvalue weighted by Gasteiger charge is -2.23. The van der Waals surface area contributed by atoms with Gasteiger partial charge in [-0.15, -0.1) is 0 Å². The van der Waals surface area contributed by atoms with E-state index in [4.69, 9.17) is 47.4 Å². The molecule has 2 aliphatic heterocycles. The molecular weight excluding hydrogens is 816 g/mol. The molecule has 0 amide bonds. The third-order valence-corrected chi connectivity index (χ3v) is 9.94. The maximum Gasteiger partial charge on any atom is 0.343 e. The summed E-state index contributed by atoms with van der Waals surface area (Å²) in [5.74, 6) is -8.06. The Morgan fingerprint density at radius 3 is 1.23 bits per heavy atom. The first-order valence-corrected chi connectivity index (χ1v) is 18.4. The van der Waals surface area contributed by atoms with Gasteiger partial charge < -0.3 is 57.6 Å². The zero-order valence-corrected chi connectivity index (χ0v) is 33.5. The highest BCUT2D eigenvalue weighted by atomic mass is 16.6. The zero-order valence-electron chi connectivity index (χ0n) is 33.5. The summed E-state index contributed by atoms with van der Waals surface area (Å²) >= 11 is 0. The molecule has 4 aromatic carbocycles. The number of hydrogen-bond donors (Lipinski definition) is 2. The van der Waals surface area contributed by atoms with Gasteiger partial charge in [-0.3, -0.25) is 0 Å². The number of benzene rings is 4. The lowest BCUT2D eigenvalue weighted by atomic mass is 9.84. The van der Waals surface area contributed by atoms with Crippen LogP contribution in [0.3, 0.4) is 0 Å². The number of methoxy groups -OCH3 is 4. The van der Waals surface area contributed by atoms with Crippen molar-refractivity contribution in [1.29, 1.82) is 0 Å². The maximum atomic E-state index is 13.4. The number of rotatable bonds is 16. The maximum absolute atomic E-state index is 13.4. The summed E-state index contributed by atoms with van der Waals surface area (Å²) in [5, 5.41) is 20.6. The fraction of sp³-hybridized carbons (Fsp3) is 0.227. The minimum atomic E-state index is -1.34. The van der Waals surface area contributed by atoms with Gasteiger partial charge >= 0.3 is 35.8 Å². The largest absolute Gasteiger partial charge is 0.493 e. The Kier molecular flexibility index (Phi) is 13.2. The molecule has 0 unspecified atom stereocenters. The fourth-order valence-electron chi connectivity index (χ4n) is 7.22. The first kappa shape index (κ1) is 43.9. The predicted molar refractivity (Wildman–Crippen MR) is 212 cm³/mol. The first-order valence-electron chi connectivity index (χ1n) is 18.4. The average molecular weight is 855 g/mol. The molecule has 18 nitrogen and oxygen atoms in total. The van der Waals surface area contributed by atoms with E-state index in [1.165, 1.54) is 89.1 Å². The van der Waals surface area contributed by atoms with E-state index in [1.54, 1.807) is 0 Å². The third-order valence-electron chi connectivity index (χ3n) is 9.94. The van der Waals surface area contributed by atoms with Gasteiger partial charge in [0.05, 0.1) is 76.1 Å². The predicted octanol–water partition coefficient (Wildman–Crippen LogP) is 5.40. The highest BCUT2D eigenvalue weighted by Crippen LogP contribution is 2.52. The molecule has 2 fully saturated rings. The minimum absolute atomic E-state index is 0.0161. The molecule has 4 atom stereocenters. The van der Waals surface area contributed by atoms with Gasteiger partial charge in [0, 0.05) is 35.1 Å². The second-order valence-corrected chi connectivity index (χ2v) is 13.3. The third kappa shape index (κ3) is 8.63. The van der Waals surface area contributed by atoms with Crippen LogP contribution in [0.5, 0.6) is 46.0 Å². The van der Waals surface area contributed by atoms with Gasteiger partial charge in [-0.1, -0.05) is 13.2 Å². The van der Waals surface area contributed by atoms with Crippen molar-refractivity contribution in [2.75, 3.05) is 41.7 Å². The van der Waals surface area contributed by atoms with E-state index < -0.39 is 59.9 Å². The number of ether oxygens (including phenoxy) is 10. The number of fused-ring (bicyclic) bond motifs is 1. The monoisotopic (exact) mass is 854 g/mol. The van der Waals surface area contributed by atoms with Crippen molar-refractivity contribution in [1.82, 2.24) is 0 Å². The molecule has 0 aromatic heterocycles. The summed E-state index contributed by atoms with van der Waals surface area (Å²) in [7, 11) is 5.13. The summed E-state index contributed by atoms with van der Waals surface area (Å²) in [4.78, 5) is 75.7. The molecule has 0 radical (unpaired) electrons. The van der Waals surface area contributed by atoms with Gasteiger partial charge in [-0.25, -0.2) is 28.8 Å². The number of carbonyl (C=O) groups excluding carboxylic acids is 4. The quantitative estimate of drug-likeness (QED) is 0.0815. The van der Waals surface area contributed by atoms with Crippen molar-refractivity contribution >= 4 is 35.8 Å². The highest BCUT2D eigenvalue weighted by molar-refractivity contribution is 5.96. The van der Waals surface area contributed by atoms with Crippen LogP contribution in [-0.2, 0) is 19.1 Å². The van der Waals surface area contributed by atoms with Crippen molar-refractivity contribution in [3.8, 4) is 46.0 Å². The van der Waals surface area contributed by atoms with Gasteiger partial charge in [0.1, 0.15) is 0 Å². The molecule has 0 spiro atoms. The second kappa shape index (κ2) is 18.7. The Morgan fingerprint density at radius 2 is 0.903 bits per heavy atom. The van der Waals surface area contributed by atoms with Crippen LogP contribution in [0.4, 0.5) is 0 Å². The molecule has 322 valence electrons. The number of carboxylic acid groups (broad SMARTS) is 2. The van der Waals surface area contributed by atoms with Gasteiger partial charge in [-0.05, 0) is 60.7 Å². The van der Waals surface area contributed by atoms with Crippen molar-refractivity contribution < 1.29 is 86.3 Å². The number of carbonyl (C=O) groups is 6. The Balaban J connectivity index is 1.31. The molecule has 2 N–H and O–H groups in total. The Bertz CT molecular complexity index is 2320. The summed E-state index contributed by atoms with van der Waals surface area (Å²) in [6.45, 7) is 6.43. The second-order valence-electron chi connectivity index (χ2n) is 13.3. The number of aromatic carboxylic acids is 2. The van der Waals surface area contributed by atoms with E-state index >= 15 is 0 Å². The van der Waals surface area contributed by atoms with Crippen LogP contribution >= 0.6 is 0 Å². The highest BCUT2D eigenvalue weighted by Gasteiger charge is 2.52. The lowest BCUT2D eigenvalue weighted by molar-refractivity contribution is -0.130. The van der Waals surface area contributed by atoms with Crippen LogP contribution in [0.1, 0.15) is 64.4 Å². The van der Waals surface area contributed by atoms with E-state index in [0.717, 1.165) is 12.2 Å². The summed E-state index contributed by atoms with van der Waals surface area (Å²) in [5.41, 5.74) is -0.290. The Hall–Kier alpha value is -7.70. The molecule has 18 heteroatoms.